The number of carbonyl (C=O) groups is 1. The zero-order valence-corrected chi connectivity index (χ0v) is 12.5. The second-order valence-corrected chi connectivity index (χ2v) is 5.31. The van der Waals surface area contributed by atoms with Gasteiger partial charge in [0, 0.05) is 18.6 Å². The lowest BCUT2D eigenvalue weighted by molar-refractivity contribution is -0.125. The summed E-state index contributed by atoms with van der Waals surface area (Å²) in [6.07, 6.45) is 3.10. The van der Waals surface area contributed by atoms with Gasteiger partial charge in [0.1, 0.15) is 0 Å². The molecule has 0 saturated carbocycles. The molecule has 0 saturated heterocycles. The molecule has 0 fully saturated rings. The summed E-state index contributed by atoms with van der Waals surface area (Å²) in [5.74, 6) is -0.291. The molecular formula is C16H27N3O. The molecule has 1 amide bonds. The van der Waals surface area contributed by atoms with E-state index in [2.05, 4.69) is 12.2 Å². The van der Waals surface area contributed by atoms with Gasteiger partial charge in [-0.2, -0.15) is 0 Å². The van der Waals surface area contributed by atoms with E-state index in [0.717, 1.165) is 24.8 Å². The highest BCUT2D eigenvalue weighted by Gasteiger charge is 2.23. The van der Waals surface area contributed by atoms with E-state index < -0.39 is 0 Å². The molecule has 3 atom stereocenters. The van der Waals surface area contributed by atoms with Crippen molar-refractivity contribution < 1.29 is 4.79 Å². The second-order valence-electron chi connectivity index (χ2n) is 5.31. The maximum atomic E-state index is 12.2. The molecule has 0 spiro atoms. The van der Waals surface area contributed by atoms with Crippen LogP contribution in [0.2, 0.25) is 0 Å². The third kappa shape index (κ3) is 4.94. The lowest BCUT2D eigenvalue weighted by Gasteiger charge is -2.23. The van der Waals surface area contributed by atoms with Crippen LogP contribution < -0.4 is 16.8 Å². The normalized spacial score (nSPS) is 15.4. The van der Waals surface area contributed by atoms with Crippen molar-refractivity contribution in [2.75, 3.05) is 6.54 Å². The number of hydrogen-bond donors (Lipinski definition) is 3. The van der Waals surface area contributed by atoms with E-state index in [4.69, 9.17) is 11.5 Å². The minimum atomic E-state index is -0.291. The molecule has 0 aromatic heterocycles. The van der Waals surface area contributed by atoms with Gasteiger partial charge in [-0.05, 0) is 12.0 Å². The van der Waals surface area contributed by atoms with Gasteiger partial charge in [0.25, 0.3) is 0 Å². The Kier molecular flexibility index (Phi) is 7.26. The molecule has 0 heterocycles. The van der Waals surface area contributed by atoms with Gasteiger partial charge in [-0.3, -0.25) is 4.79 Å². The smallest absolute Gasteiger partial charge is 0.225 e. The number of nitrogens with two attached hydrogens (primary N) is 2. The second kappa shape index (κ2) is 8.72. The van der Waals surface area contributed by atoms with Crippen molar-refractivity contribution >= 4 is 5.91 Å². The molecule has 1 aromatic carbocycles. The van der Waals surface area contributed by atoms with Crippen molar-refractivity contribution in [3.63, 3.8) is 0 Å². The number of hydrogen-bond acceptors (Lipinski definition) is 3. The van der Waals surface area contributed by atoms with E-state index in [1.807, 2.05) is 37.3 Å². The third-order valence-corrected chi connectivity index (χ3v) is 3.67. The van der Waals surface area contributed by atoms with E-state index >= 15 is 0 Å². The van der Waals surface area contributed by atoms with Crippen molar-refractivity contribution in [1.29, 1.82) is 0 Å². The average Bonchev–Trinajstić information content (AvgIpc) is 2.50. The molecule has 5 N–H and O–H groups in total. The van der Waals surface area contributed by atoms with Gasteiger partial charge < -0.3 is 16.8 Å². The molecule has 4 nitrogen and oxygen atoms in total. The van der Waals surface area contributed by atoms with Crippen molar-refractivity contribution in [3.8, 4) is 0 Å². The Balaban J connectivity index is 2.57. The quantitative estimate of drug-likeness (QED) is 0.679. The van der Waals surface area contributed by atoms with Crippen LogP contribution in [0.25, 0.3) is 0 Å². The topological polar surface area (TPSA) is 81.1 Å². The largest absolute Gasteiger partial charge is 0.352 e. The standard InChI is InChI=1S/C16H27N3O/c1-3-4-10-14(11-17)19-16(20)12(2)15(18)13-8-6-5-7-9-13/h5-9,12,14-15H,3-4,10-11,17-18H2,1-2H3,(H,19,20). The molecule has 112 valence electrons. The van der Waals surface area contributed by atoms with Crippen molar-refractivity contribution in [1.82, 2.24) is 5.32 Å². The molecule has 0 radical (unpaired) electrons. The minimum Gasteiger partial charge on any atom is -0.352 e. The summed E-state index contributed by atoms with van der Waals surface area (Å²) in [7, 11) is 0. The Hall–Kier alpha value is -1.39. The summed E-state index contributed by atoms with van der Waals surface area (Å²) in [5, 5.41) is 3.01. The zero-order valence-electron chi connectivity index (χ0n) is 12.5. The summed E-state index contributed by atoms with van der Waals surface area (Å²) in [6, 6.07) is 9.47. The summed E-state index contributed by atoms with van der Waals surface area (Å²) in [4.78, 5) is 12.2. The summed E-state index contributed by atoms with van der Waals surface area (Å²) < 4.78 is 0. The van der Waals surface area contributed by atoms with Crippen LogP contribution in [0.5, 0.6) is 0 Å². The molecule has 1 rings (SSSR count). The first-order valence-corrected chi connectivity index (χ1v) is 7.41. The monoisotopic (exact) mass is 277 g/mol. The average molecular weight is 277 g/mol. The van der Waals surface area contributed by atoms with Crippen molar-refractivity contribution in [3.05, 3.63) is 35.9 Å². The molecule has 3 unspecified atom stereocenters. The number of carbonyl (C=O) groups excluding carboxylic acids is 1. The maximum Gasteiger partial charge on any atom is 0.225 e. The molecule has 4 heteroatoms. The van der Waals surface area contributed by atoms with Gasteiger partial charge in [0.2, 0.25) is 5.91 Å². The van der Waals surface area contributed by atoms with Crippen LogP contribution in [-0.4, -0.2) is 18.5 Å². The molecule has 20 heavy (non-hydrogen) atoms. The first-order chi connectivity index (χ1) is 9.60. The van der Waals surface area contributed by atoms with Crippen LogP contribution >= 0.6 is 0 Å². The highest BCUT2D eigenvalue weighted by atomic mass is 16.2. The Labute approximate surface area is 121 Å². The first kappa shape index (κ1) is 16.7. The fourth-order valence-electron chi connectivity index (χ4n) is 2.16. The summed E-state index contributed by atoms with van der Waals surface area (Å²) in [5.41, 5.74) is 12.8. The molecule has 0 aliphatic rings. The Morgan fingerprint density at radius 3 is 2.50 bits per heavy atom. The van der Waals surface area contributed by atoms with Crippen LogP contribution in [0.3, 0.4) is 0 Å². The first-order valence-electron chi connectivity index (χ1n) is 7.41. The van der Waals surface area contributed by atoms with E-state index in [9.17, 15) is 4.79 Å². The number of rotatable bonds is 8. The van der Waals surface area contributed by atoms with Crippen LogP contribution in [0.1, 0.15) is 44.7 Å². The lowest BCUT2D eigenvalue weighted by Crippen LogP contribution is -2.44. The van der Waals surface area contributed by atoms with Crippen LogP contribution in [0.4, 0.5) is 0 Å². The van der Waals surface area contributed by atoms with Gasteiger partial charge in [0.05, 0.1) is 5.92 Å². The van der Waals surface area contributed by atoms with Gasteiger partial charge in [-0.1, -0.05) is 57.0 Å². The summed E-state index contributed by atoms with van der Waals surface area (Å²) in [6.45, 7) is 4.46. The van der Waals surface area contributed by atoms with Gasteiger partial charge in [-0.25, -0.2) is 0 Å². The van der Waals surface area contributed by atoms with E-state index in [0.29, 0.717) is 6.54 Å². The molecule has 0 aliphatic heterocycles. The molecule has 0 bridgehead atoms. The SMILES string of the molecule is CCCCC(CN)NC(=O)C(C)C(N)c1ccccc1. The predicted octanol–water partition coefficient (Wildman–Crippen LogP) is 1.96. The van der Waals surface area contributed by atoms with Crippen molar-refractivity contribution in [2.24, 2.45) is 17.4 Å². The Morgan fingerprint density at radius 1 is 1.30 bits per heavy atom. The zero-order chi connectivity index (χ0) is 15.0. The number of amides is 1. The fraction of sp³-hybridized carbons (Fsp3) is 0.562. The van der Waals surface area contributed by atoms with Crippen molar-refractivity contribution in [2.45, 2.75) is 45.2 Å². The number of unbranched alkanes of at least 4 members (excludes halogenated alkanes) is 1. The van der Waals surface area contributed by atoms with E-state index in [1.54, 1.807) is 0 Å². The highest BCUT2D eigenvalue weighted by molar-refractivity contribution is 5.79. The van der Waals surface area contributed by atoms with E-state index in [-0.39, 0.29) is 23.9 Å². The Bertz CT molecular complexity index is 394. The van der Waals surface area contributed by atoms with Crippen LogP contribution in [0.15, 0.2) is 30.3 Å². The molecule has 1 aromatic rings. The van der Waals surface area contributed by atoms with E-state index in [1.165, 1.54) is 0 Å². The maximum absolute atomic E-state index is 12.2. The number of benzene rings is 1. The Morgan fingerprint density at radius 2 is 1.95 bits per heavy atom. The predicted molar refractivity (Wildman–Crippen MR) is 83.0 cm³/mol. The van der Waals surface area contributed by atoms with Gasteiger partial charge in [-0.15, -0.1) is 0 Å². The molecule has 0 aliphatic carbocycles. The van der Waals surface area contributed by atoms with Gasteiger partial charge >= 0.3 is 0 Å². The molecular weight excluding hydrogens is 250 g/mol. The highest BCUT2D eigenvalue weighted by Crippen LogP contribution is 2.19. The fourth-order valence-corrected chi connectivity index (χ4v) is 2.16. The lowest BCUT2D eigenvalue weighted by atomic mass is 9.94. The number of nitrogens with one attached hydrogen (secondary N) is 1. The van der Waals surface area contributed by atoms with Crippen LogP contribution in [-0.2, 0) is 4.79 Å². The van der Waals surface area contributed by atoms with Gasteiger partial charge in [0.15, 0.2) is 0 Å². The summed E-state index contributed by atoms with van der Waals surface area (Å²) >= 11 is 0. The minimum absolute atomic E-state index is 0.0205. The third-order valence-electron chi connectivity index (χ3n) is 3.67. The van der Waals surface area contributed by atoms with Crippen LogP contribution in [0, 0.1) is 5.92 Å².